The summed E-state index contributed by atoms with van der Waals surface area (Å²) in [5.41, 5.74) is 2.24. The topological polar surface area (TPSA) is 12.0 Å². The van der Waals surface area contributed by atoms with Crippen LogP contribution >= 0.6 is 11.6 Å². The van der Waals surface area contributed by atoms with Gasteiger partial charge in [0.1, 0.15) is 5.82 Å². The van der Waals surface area contributed by atoms with Crippen LogP contribution < -0.4 is 5.32 Å². The normalized spacial score (nSPS) is 12.4. The first-order valence-corrected chi connectivity index (χ1v) is 6.72. The second-order valence-electron chi connectivity index (χ2n) is 4.61. The first-order valence-electron chi connectivity index (χ1n) is 6.34. The van der Waals surface area contributed by atoms with E-state index in [4.69, 9.17) is 11.6 Å². The summed E-state index contributed by atoms with van der Waals surface area (Å²) in [5.74, 6) is 0.0795. The lowest BCUT2D eigenvalue weighted by Gasteiger charge is -2.18. The number of hydrogen-bond donors (Lipinski definition) is 1. The third kappa shape index (κ3) is 3.79. The largest absolute Gasteiger partial charge is 0.319 e. The third-order valence-electron chi connectivity index (χ3n) is 3.19. The third-order valence-corrected chi connectivity index (χ3v) is 3.54. The first-order chi connectivity index (χ1) is 9.20. The maximum atomic E-state index is 12.9. The van der Waals surface area contributed by atoms with Crippen LogP contribution in [0.2, 0.25) is 5.02 Å². The van der Waals surface area contributed by atoms with E-state index in [1.54, 1.807) is 0 Å². The molecule has 0 saturated heterocycles. The zero-order valence-corrected chi connectivity index (χ0v) is 11.6. The molecule has 0 amide bonds. The van der Waals surface area contributed by atoms with Gasteiger partial charge < -0.3 is 5.32 Å². The Morgan fingerprint density at radius 3 is 2.42 bits per heavy atom. The number of nitrogens with one attached hydrogen (secondary N) is 1. The van der Waals surface area contributed by atoms with Crippen molar-refractivity contribution < 1.29 is 4.39 Å². The van der Waals surface area contributed by atoms with Gasteiger partial charge in [0.2, 0.25) is 0 Å². The Balaban J connectivity index is 2.21. The molecule has 2 aromatic rings. The van der Waals surface area contributed by atoms with Crippen LogP contribution in [0.3, 0.4) is 0 Å². The smallest absolute Gasteiger partial charge is 0.123 e. The van der Waals surface area contributed by atoms with Gasteiger partial charge in [-0.1, -0.05) is 41.9 Å². The highest BCUT2D eigenvalue weighted by atomic mass is 35.5. The van der Waals surface area contributed by atoms with Gasteiger partial charge in [-0.15, -0.1) is 0 Å². The Morgan fingerprint density at radius 1 is 1.11 bits per heavy atom. The van der Waals surface area contributed by atoms with E-state index >= 15 is 0 Å². The molecule has 1 atom stereocenters. The fourth-order valence-electron chi connectivity index (χ4n) is 2.25. The molecule has 0 aliphatic heterocycles. The van der Waals surface area contributed by atoms with Gasteiger partial charge in [-0.05, 0) is 42.8 Å². The van der Waals surface area contributed by atoms with Gasteiger partial charge in [-0.2, -0.15) is 0 Å². The fourth-order valence-corrected chi connectivity index (χ4v) is 2.54. The van der Waals surface area contributed by atoms with Crippen LogP contribution in [-0.4, -0.2) is 13.6 Å². The van der Waals surface area contributed by atoms with E-state index in [2.05, 4.69) is 5.32 Å². The lowest BCUT2D eigenvalue weighted by atomic mass is 9.92. The van der Waals surface area contributed by atoms with Crippen molar-refractivity contribution in [2.24, 2.45) is 0 Å². The SMILES string of the molecule is CNCC(Cc1ccc(F)cc1)c1ccccc1Cl. The molecule has 19 heavy (non-hydrogen) atoms. The van der Waals surface area contributed by atoms with Crippen molar-refractivity contribution in [1.82, 2.24) is 5.32 Å². The lowest BCUT2D eigenvalue weighted by Crippen LogP contribution is -2.19. The number of benzene rings is 2. The van der Waals surface area contributed by atoms with E-state index in [-0.39, 0.29) is 11.7 Å². The van der Waals surface area contributed by atoms with E-state index < -0.39 is 0 Å². The van der Waals surface area contributed by atoms with Gasteiger partial charge in [-0.3, -0.25) is 0 Å². The molecule has 0 aliphatic carbocycles. The molecular weight excluding hydrogens is 261 g/mol. The minimum Gasteiger partial charge on any atom is -0.319 e. The van der Waals surface area contributed by atoms with Crippen molar-refractivity contribution in [3.8, 4) is 0 Å². The predicted octanol–water partition coefficient (Wildman–Crippen LogP) is 4.02. The van der Waals surface area contributed by atoms with E-state index in [0.29, 0.717) is 0 Å². The molecule has 0 fully saturated rings. The van der Waals surface area contributed by atoms with Gasteiger partial charge in [0, 0.05) is 17.5 Å². The zero-order chi connectivity index (χ0) is 13.7. The second kappa shape index (κ2) is 6.69. The minimum atomic E-state index is -0.202. The average molecular weight is 278 g/mol. The van der Waals surface area contributed by atoms with Gasteiger partial charge in [-0.25, -0.2) is 4.39 Å². The summed E-state index contributed by atoms with van der Waals surface area (Å²) >= 11 is 6.26. The van der Waals surface area contributed by atoms with Gasteiger partial charge in [0.05, 0.1) is 0 Å². The molecule has 1 unspecified atom stereocenters. The van der Waals surface area contributed by atoms with Crippen LogP contribution in [0.4, 0.5) is 4.39 Å². The van der Waals surface area contributed by atoms with Crippen LogP contribution in [-0.2, 0) is 6.42 Å². The van der Waals surface area contributed by atoms with Crippen molar-refractivity contribution in [3.05, 3.63) is 70.5 Å². The van der Waals surface area contributed by atoms with Crippen LogP contribution in [0.25, 0.3) is 0 Å². The molecule has 0 aromatic heterocycles. The predicted molar refractivity (Wildman–Crippen MR) is 78.2 cm³/mol. The lowest BCUT2D eigenvalue weighted by molar-refractivity contribution is 0.615. The molecule has 2 rings (SSSR count). The molecule has 100 valence electrons. The monoisotopic (exact) mass is 277 g/mol. The summed E-state index contributed by atoms with van der Waals surface area (Å²) < 4.78 is 12.9. The summed E-state index contributed by atoms with van der Waals surface area (Å²) in [7, 11) is 1.93. The molecule has 0 aliphatic rings. The Hall–Kier alpha value is -1.38. The minimum absolute atomic E-state index is 0.202. The Kier molecular flexibility index (Phi) is 4.94. The summed E-state index contributed by atoms with van der Waals surface area (Å²) in [6, 6.07) is 14.5. The molecule has 0 bridgehead atoms. The van der Waals surface area contributed by atoms with Crippen LogP contribution in [0.5, 0.6) is 0 Å². The summed E-state index contributed by atoms with van der Waals surface area (Å²) in [5, 5.41) is 3.97. The van der Waals surface area contributed by atoms with Crippen molar-refractivity contribution in [3.63, 3.8) is 0 Å². The highest BCUT2D eigenvalue weighted by molar-refractivity contribution is 6.31. The zero-order valence-electron chi connectivity index (χ0n) is 10.9. The van der Waals surface area contributed by atoms with Crippen LogP contribution in [0.15, 0.2) is 48.5 Å². The van der Waals surface area contributed by atoms with Crippen LogP contribution in [0.1, 0.15) is 17.0 Å². The molecule has 0 spiro atoms. The van der Waals surface area contributed by atoms with Crippen molar-refractivity contribution in [2.75, 3.05) is 13.6 Å². The highest BCUT2D eigenvalue weighted by Gasteiger charge is 2.14. The molecule has 3 heteroatoms. The summed E-state index contributed by atoms with van der Waals surface area (Å²) in [6.45, 7) is 0.834. The molecule has 2 aromatic carbocycles. The number of rotatable bonds is 5. The summed E-state index contributed by atoms with van der Waals surface area (Å²) in [4.78, 5) is 0. The molecule has 1 N–H and O–H groups in total. The average Bonchev–Trinajstić information content (AvgIpc) is 2.41. The highest BCUT2D eigenvalue weighted by Crippen LogP contribution is 2.27. The van der Waals surface area contributed by atoms with Crippen molar-refractivity contribution >= 4 is 11.6 Å². The van der Waals surface area contributed by atoms with E-state index in [1.807, 2.05) is 43.4 Å². The Bertz CT molecular complexity index is 525. The molecule has 0 radical (unpaired) electrons. The molecule has 0 heterocycles. The number of likely N-dealkylation sites (N-methyl/N-ethyl adjacent to an activating group) is 1. The van der Waals surface area contributed by atoms with E-state index in [9.17, 15) is 4.39 Å². The maximum Gasteiger partial charge on any atom is 0.123 e. The quantitative estimate of drug-likeness (QED) is 0.870. The Labute approximate surface area is 118 Å². The number of hydrogen-bond acceptors (Lipinski definition) is 1. The van der Waals surface area contributed by atoms with Gasteiger partial charge in [0.15, 0.2) is 0 Å². The molecule has 1 nitrogen and oxygen atoms in total. The van der Waals surface area contributed by atoms with Crippen LogP contribution in [0, 0.1) is 5.82 Å². The fraction of sp³-hybridized carbons (Fsp3) is 0.250. The Morgan fingerprint density at radius 2 is 1.79 bits per heavy atom. The van der Waals surface area contributed by atoms with E-state index in [1.165, 1.54) is 12.1 Å². The van der Waals surface area contributed by atoms with Crippen molar-refractivity contribution in [2.45, 2.75) is 12.3 Å². The standard InChI is InChI=1S/C16H17ClFN/c1-19-11-13(15-4-2-3-5-16(15)17)10-12-6-8-14(18)9-7-12/h2-9,13,19H,10-11H2,1H3. The van der Waals surface area contributed by atoms with Crippen molar-refractivity contribution in [1.29, 1.82) is 0 Å². The first kappa shape index (κ1) is 14.0. The van der Waals surface area contributed by atoms with E-state index in [0.717, 1.165) is 29.1 Å². The van der Waals surface area contributed by atoms with Gasteiger partial charge in [0.25, 0.3) is 0 Å². The summed E-state index contributed by atoms with van der Waals surface area (Å²) in [6.07, 6.45) is 0.838. The van der Waals surface area contributed by atoms with Gasteiger partial charge >= 0.3 is 0 Å². The molecule has 0 saturated carbocycles. The maximum absolute atomic E-state index is 12.9. The second-order valence-corrected chi connectivity index (χ2v) is 5.01. The molecular formula is C16H17ClFN. The number of halogens is 2.